The van der Waals surface area contributed by atoms with Gasteiger partial charge >= 0.3 is 0 Å². The van der Waals surface area contributed by atoms with Crippen molar-refractivity contribution in [2.45, 2.75) is 51.4 Å². The summed E-state index contributed by atoms with van der Waals surface area (Å²) in [5, 5.41) is 18.4. The van der Waals surface area contributed by atoms with Crippen LogP contribution in [0.2, 0.25) is 0 Å². The quantitative estimate of drug-likeness (QED) is 0.773. The van der Waals surface area contributed by atoms with E-state index in [-0.39, 0.29) is 0 Å². The molecule has 0 saturated heterocycles. The third kappa shape index (κ3) is 2.60. The largest absolute Gasteiger partial charge is 0.396 e. The molecule has 2 N–H and O–H groups in total. The lowest BCUT2D eigenvalue weighted by Crippen LogP contribution is -2.37. The number of rotatable bonds is 4. The normalized spacial score (nSPS) is 39.4. The van der Waals surface area contributed by atoms with Crippen LogP contribution in [0.5, 0.6) is 0 Å². The fourth-order valence-electron chi connectivity index (χ4n) is 4.27. The maximum Gasteiger partial charge on any atom is 0.0433 e. The van der Waals surface area contributed by atoms with Crippen LogP contribution in [0.25, 0.3) is 0 Å². The molecule has 2 heteroatoms. The SMILES string of the molecule is OCCC1CCC2CCCCC2C1CCO. The second-order valence-electron chi connectivity index (χ2n) is 5.73. The van der Waals surface area contributed by atoms with Gasteiger partial charge in [-0.15, -0.1) is 0 Å². The average Bonchev–Trinajstić information content (AvgIpc) is 2.32. The highest BCUT2D eigenvalue weighted by molar-refractivity contribution is 4.89. The predicted molar refractivity (Wildman–Crippen MR) is 65.1 cm³/mol. The highest BCUT2D eigenvalue weighted by Gasteiger charge is 2.39. The topological polar surface area (TPSA) is 40.5 Å². The average molecular weight is 226 g/mol. The Hall–Kier alpha value is -0.0800. The van der Waals surface area contributed by atoms with E-state index in [0.717, 1.165) is 24.7 Å². The first-order chi connectivity index (χ1) is 7.86. The summed E-state index contributed by atoms with van der Waals surface area (Å²) in [6.07, 6.45) is 10.2. The molecule has 2 aliphatic carbocycles. The zero-order chi connectivity index (χ0) is 11.4. The Kier molecular flexibility index (Phi) is 4.66. The summed E-state index contributed by atoms with van der Waals surface area (Å²) in [6.45, 7) is 0.653. The Morgan fingerprint density at radius 2 is 1.56 bits per heavy atom. The van der Waals surface area contributed by atoms with Crippen LogP contribution >= 0.6 is 0 Å². The maximum atomic E-state index is 9.23. The minimum atomic E-state index is 0.323. The summed E-state index contributed by atoms with van der Waals surface area (Å²) in [4.78, 5) is 0. The van der Waals surface area contributed by atoms with E-state index in [9.17, 15) is 5.11 Å². The van der Waals surface area contributed by atoms with Gasteiger partial charge in [0.25, 0.3) is 0 Å². The van der Waals surface area contributed by atoms with Crippen molar-refractivity contribution in [3.8, 4) is 0 Å². The molecule has 4 unspecified atom stereocenters. The van der Waals surface area contributed by atoms with Crippen LogP contribution in [0.15, 0.2) is 0 Å². The van der Waals surface area contributed by atoms with Gasteiger partial charge in [-0.3, -0.25) is 0 Å². The van der Waals surface area contributed by atoms with Crippen LogP contribution in [0.4, 0.5) is 0 Å². The monoisotopic (exact) mass is 226 g/mol. The lowest BCUT2D eigenvalue weighted by molar-refractivity contribution is 0.0273. The van der Waals surface area contributed by atoms with Gasteiger partial charge in [0.05, 0.1) is 0 Å². The predicted octanol–water partition coefficient (Wildman–Crippen LogP) is 2.58. The number of hydrogen-bond donors (Lipinski definition) is 2. The van der Waals surface area contributed by atoms with Crippen LogP contribution in [0.3, 0.4) is 0 Å². The molecule has 2 aliphatic rings. The van der Waals surface area contributed by atoms with Gasteiger partial charge in [-0.05, 0) is 55.8 Å². The van der Waals surface area contributed by atoms with E-state index in [4.69, 9.17) is 5.11 Å². The Morgan fingerprint density at radius 1 is 0.812 bits per heavy atom. The first kappa shape index (κ1) is 12.4. The number of aliphatic hydroxyl groups is 2. The van der Waals surface area contributed by atoms with E-state index < -0.39 is 0 Å². The zero-order valence-electron chi connectivity index (χ0n) is 10.3. The van der Waals surface area contributed by atoms with Crippen molar-refractivity contribution in [3.63, 3.8) is 0 Å². The molecule has 16 heavy (non-hydrogen) atoms. The molecule has 4 atom stereocenters. The summed E-state index contributed by atoms with van der Waals surface area (Å²) >= 11 is 0. The van der Waals surface area contributed by atoms with Gasteiger partial charge in [-0.2, -0.15) is 0 Å². The van der Waals surface area contributed by atoms with Crippen molar-refractivity contribution in [3.05, 3.63) is 0 Å². The van der Waals surface area contributed by atoms with Crippen LogP contribution in [-0.4, -0.2) is 23.4 Å². The Balaban J connectivity index is 2.01. The van der Waals surface area contributed by atoms with Gasteiger partial charge in [0, 0.05) is 13.2 Å². The molecule has 94 valence electrons. The maximum absolute atomic E-state index is 9.23. The van der Waals surface area contributed by atoms with Crippen molar-refractivity contribution in [1.82, 2.24) is 0 Å². The molecule has 2 rings (SSSR count). The molecule has 0 heterocycles. The molecule has 0 aromatic heterocycles. The van der Waals surface area contributed by atoms with Crippen molar-refractivity contribution in [2.24, 2.45) is 23.7 Å². The summed E-state index contributed by atoms with van der Waals surface area (Å²) in [7, 11) is 0. The number of hydrogen-bond acceptors (Lipinski definition) is 2. The van der Waals surface area contributed by atoms with E-state index in [0.29, 0.717) is 25.0 Å². The molecular formula is C14H26O2. The van der Waals surface area contributed by atoms with Crippen LogP contribution in [0, 0.1) is 23.7 Å². The standard InChI is InChI=1S/C14H26O2/c15-9-7-12-6-5-11-3-1-2-4-13(11)14(12)8-10-16/h11-16H,1-10H2. The summed E-state index contributed by atoms with van der Waals surface area (Å²) < 4.78 is 0. The third-order valence-corrected chi connectivity index (χ3v) is 4.99. The number of aliphatic hydroxyl groups excluding tert-OH is 2. The molecule has 0 amide bonds. The van der Waals surface area contributed by atoms with Gasteiger partial charge in [0.15, 0.2) is 0 Å². The molecule has 2 fully saturated rings. The molecule has 0 aromatic carbocycles. The van der Waals surface area contributed by atoms with Crippen LogP contribution < -0.4 is 0 Å². The first-order valence-electron chi connectivity index (χ1n) is 7.08. The lowest BCUT2D eigenvalue weighted by atomic mass is 9.60. The lowest BCUT2D eigenvalue weighted by Gasteiger charge is -2.45. The summed E-state index contributed by atoms with van der Waals surface area (Å²) in [6, 6.07) is 0. The fraction of sp³-hybridized carbons (Fsp3) is 1.00. The molecule has 0 radical (unpaired) electrons. The summed E-state index contributed by atoms with van der Waals surface area (Å²) in [5.74, 6) is 3.15. The molecule has 2 nitrogen and oxygen atoms in total. The minimum absolute atomic E-state index is 0.323. The minimum Gasteiger partial charge on any atom is -0.396 e. The van der Waals surface area contributed by atoms with E-state index in [1.54, 1.807) is 0 Å². The van der Waals surface area contributed by atoms with Crippen molar-refractivity contribution in [1.29, 1.82) is 0 Å². The van der Waals surface area contributed by atoms with E-state index in [1.807, 2.05) is 0 Å². The molecule has 0 aromatic rings. The van der Waals surface area contributed by atoms with Gasteiger partial charge in [0.1, 0.15) is 0 Å². The molecule has 0 bridgehead atoms. The van der Waals surface area contributed by atoms with Crippen LogP contribution in [0.1, 0.15) is 51.4 Å². The smallest absolute Gasteiger partial charge is 0.0433 e. The second-order valence-corrected chi connectivity index (χ2v) is 5.73. The zero-order valence-corrected chi connectivity index (χ0v) is 10.3. The Labute approximate surface area is 99.1 Å². The van der Waals surface area contributed by atoms with Gasteiger partial charge < -0.3 is 10.2 Å². The van der Waals surface area contributed by atoms with Crippen molar-refractivity contribution in [2.75, 3.05) is 13.2 Å². The molecule has 0 spiro atoms. The fourth-order valence-corrected chi connectivity index (χ4v) is 4.27. The highest BCUT2D eigenvalue weighted by atomic mass is 16.3. The van der Waals surface area contributed by atoms with E-state index in [2.05, 4.69) is 0 Å². The first-order valence-corrected chi connectivity index (χ1v) is 7.08. The molecule has 0 aliphatic heterocycles. The van der Waals surface area contributed by atoms with Crippen LogP contribution in [-0.2, 0) is 0 Å². The van der Waals surface area contributed by atoms with Gasteiger partial charge in [-0.25, -0.2) is 0 Å². The summed E-state index contributed by atoms with van der Waals surface area (Å²) in [5.41, 5.74) is 0. The van der Waals surface area contributed by atoms with Crippen molar-refractivity contribution >= 4 is 0 Å². The Bertz CT molecular complexity index is 205. The number of fused-ring (bicyclic) bond motifs is 1. The van der Waals surface area contributed by atoms with E-state index in [1.165, 1.54) is 38.5 Å². The second kappa shape index (κ2) is 6.02. The van der Waals surface area contributed by atoms with E-state index >= 15 is 0 Å². The third-order valence-electron chi connectivity index (χ3n) is 4.99. The van der Waals surface area contributed by atoms with Gasteiger partial charge in [0.2, 0.25) is 0 Å². The Morgan fingerprint density at radius 3 is 2.31 bits per heavy atom. The van der Waals surface area contributed by atoms with Gasteiger partial charge in [-0.1, -0.05) is 19.3 Å². The molecule has 2 saturated carbocycles. The van der Waals surface area contributed by atoms with Crippen molar-refractivity contribution < 1.29 is 10.2 Å². The highest BCUT2D eigenvalue weighted by Crippen LogP contribution is 2.48. The molecular weight excluding hydrogens is 200 g/mol.